The second-order valence-electron chi connectivity index (χ2n) is 4.26. The van der Waals surface area contributed by atoms with E-state index in [1.807, 2.05) is 18.4 Å². The van der Waals surface area contributed by atoms with Crippen LogP contribution in [0.1, 0.15) is 25.7 Å². The molecule has 0 aliphatic heterocycles. The van der Waals surface area contributed by atoms with Crippen molar-refractivity contribution in [3.8, 4) is 0 Å². The lowest BCUT2D eigenvalue weighted by atomic mass is 10.3. The molecule has 0 fully saturated rings. The number of hydrogen-bond acceptors (Lipinski definition) is 3. The quantitative estimate of drug-likeness (QED) is 0.712. The normalized spacial score (nSPS) is 13.9. The molecule has 1 aromatic rings. The first-order valence-corrected chi connectivity index (χ1v) is 6.40. The average molecular weight is 297 g/mol. The number of rotatable bonds is 9. The smallest absolute Gasteiger partial charge is 0.330 e. The Morgan fingerprint density at radius 3 is 2.65 bits per heavy atom. The molecule has 4 nitrogen and oxygen atoms in total. The van der Waals surface area contributed by atoms with E-state index in [0.29, 0.717) is 18.9 Å². The third-order valence-corrected chi connectivity index (χ3v) is 2.75. The summed E-state index contributed by atoms with van der Waals surface area (Å²) in [7, 11) is 0. The maximum atomic E-state index is 12.8. The van der Waals surface area contributed by atoms with Crippen LogP contribution in [0.15, 0.2) is 12.4 Å². The SMILES string of the molecule is CCNC(COCC(F)(F)C(F)F)c1nccn1CC. The van der Waals surface area contributed by atoms with Crippen molar-refractivity contribution in [2.45, 2.75) is 38.8 Å². The number of alkyl halides is 4. The van der Waals surface area contributed by atoms with Crippen molar-refractivity contribution in [2.75, 3.05) is 19.8 Å². The number of halogens is 4. The van der Waals surface area contributed by atoms with Crippen LogP contribution in [-0.2, 0) is 11.3 Å². The van der Waals surface area contributed by atoms with Gasteiger partial charge in [0.05, 0.1) is 12.6 Å². The lowest BCUT2D eigenvalue weighted by molar-refractivity contribution is -0.167. The van der Waals surface area contributed by atoms with Crippen LogP contribution in [-0.4, -0.2) is 41.7 Å². The molecule has 8 heteroatoms. The van der Waals surface area contributed by atoms with E-state index < -0.39 is 25.0 Å². The van der Waals surface area contributed by atoms with E-state index in [0.717, 1.165) is 0 Å². The van der Waals surface area contributed by atoms with Gasteiger partial charge < -0.3 is 14.6 Å². The van der Waals surface area contributed by atoms with Crippen molar-refractivity contribution < 1.29 is 22.3 Å². The van der Waals surface area contributed by atoms with Crippen LogP contribution in [0.2, 0.25) is 0 Å². The molecule has 1 unspecified atom stereocenters. The van der Waals surface area contributed by atoms with Gasteiger partial charge in [-0.3, -0.25) is 0 Å². The Bertz CT molecular complexity index is 398. The van der Waals surface area contributed by atoms with Crippen molar-refractivity contribution in [3.05, 3.63) is 18.2 Å². The molecule has 1 N–H and O–H groups in total. The summed E-state index contributed by atoms with van der Waals surface area (Å²) in [5, 5.41) is 3.03. The standard InChI is InChI=1S/C12H19F4N3O/c1-3-17-9(10-18-5-6-19(10)4-2)7-20-8-12(15,16)11(13)14/h5-6,9,11,17H,3-4,7-8H2,1-2H3. The highest BCUT2D eigenvalue weighted by atomic mass is 19.3. The second-order valence-corrected chi connectivity index (χ2v) is 4.26. The Morgan fingerprint density at radius 2 is 2.10 bits per heavy atom. The number of nitrogens with one attached hydrogen (secondary N) is 1. The van der Waals surface area contributed by atoms with Crippen LogP contribution >= 0.6 is 0 Å². The lowest BCUT2D eigenvalue weighted by Gasteiger charge is -2.21. The van der Waals surface area contributed by atoms with Crippen molar-refractivity contribution in [2.24, 2.45) is 0 Å². The molecule has 0 radical (unpaired) electrons. The molecule has 1 atom stereocenters. The van der Waals surface area contributed by atoms with Crippen molar-refractivity contribution >= 4 is 0 Å². The molecule has 0 bridgehead atoms. The topological polar surface area (TPSA) is 39.1 Å². The summed E-state index contributed by atoms with van der Waals surface area (Å²) in [4.78, 5) is 4.14. The fraction of sp³-hybridized carbons (Fsp3) is 0.750. The Balaban J connectivity index is 2.61. The fourth-order valence-electron chi connectivity index (χ4n) is 1.75. The van der Waals surface area contributed by atoms with Gasteiger partial charge in [-0.1, -0.05) is 6.92 Å². The first-order valence-electron chi connectivity index (χ1n) is 6.40. The van der Waals surface area contributed by atoms with E-state index in [1.165, 1.54) is 0 Å². The minimum absolute atomic E-state index is 0.146. The first-order chi connectivity index (χ1) is 9.42. The van der Waals surface area contributed by atoms with Gasteiger partial charge in [0.15, 0.2) is 0 Å². The molecule has 0 saturated heterocycles. The summed E-state index contributed by atoms with van der Waals surface area (Å²) >= 11 is 0. The number of ether oxygens (including phenoxy) is 1. The van der Waals surface area contributed by atoms with E-state index >= 15 is 0 Å². The Labute approximate surface area is 115 Å². The summed E-state index contributed by atoms with van der Waals surface area (Å²) in [6.45, 7) is 3.56. The highest BCUT2D eigenvalue weighted by Crippen LogP contribution is 2.23. The molecule has 0 aliphatic rings. The zero-order valence-corrected chi connectivity index (χ0v) is 11.5. The molecule has 0 spiro atoms. The van der Waals surface area contributed by atoms with Crippen LogP contribution in [0, 0.1) is 0 Å². The van der Waals surface area contributed by atoms with Gasteiger partial charge in [0.2, 0.25) is 0 Å². The molecule has 1 rings (SSSR count). The maximum Gasteiger partial charge on any atom is 0.330 e. The molecular weight excluding hydrogens is 278 g/mol. The summed E-state index contributed by atoms with van der Waals surface area (Å²) in [5.74, 6) is -3.49. The second kappa shape index (κ2) is 7.58. The van der Waals surface area contributed by atoms with E-state index in [-0.39, 0.29) is 6.61 Å². The number of hydrogen-bond donors (Lipinski definition) is 1. The van der Waals surface area contributed by atoms with Crippen LogP contribution < -0.4 is 5.32 Å². The number of likely N-dealkylation sites (N-methyl/N-ethyl adjacent to an activating group) is 1. The van der Waals surface area contributed by atoms with Crippen LogP contribution in [0.4, 0.5) is 17.6 Å². The van der Waals surface area contributed by atoms with E-state index in [2.05, 4.69) is 10.3 Å². The molecule has 20 heavy (non-hydrogen) atoms. The van der Waals surface area contributed by atoms with Gasteiger partial charge in [-0.25, -0.2) is 13.8 Å². The number of nitrogens with zero attached hydrogens (tertiary/aromatic N) is 2. The summed E-state index contributed by atoms with van der Waals surface area (Å²) in [6.07, 6.45) is -0.373. The third-order valence-electron chi connectivity index (χ3n) is 2.75. The Hall–Kier alpha value is -1.15. The van der Waals surface area contributed by atoms with Crippen molar-refractivity contribution in [3.63, 3.8) is 0 Å². The van der Waals surface area contributed by atoms with E-state index in [1.54, 1.807) is 12.4 Å². The first kappa shape index (κ1) is 16.9. The molecule has 0 aromatic carbocycles. The molecule has 1 heterocycles. The van der Waals surface area contributed by atoms with Gasteiger partial charge in [0.25, 0.3) is 0 Å². The monoisotopic (exact) mass is 297 g/mol. The maximum absolute atomic E-state index is 12.8. The van der Waals surface area contributed by atoms with Crippen LogP contribution in [0.3, 0.4) is 0 Å². The zero-order chi connectivity index (χ0) is 15.2. The van der Waals surface area contributed by atoms with Crippen molar-refractivity contribution in [1.29, 1.82) is 0 Å². The molecular formula is C12H19F4N3O. The van der Waals surface area contributed by atoms with Crippen LogP contribution in [0.25, 0.3) is 0 Å². The minimum Gasteiger partial charge on any atom is -0.373 e. The highest BCUT2D eigenvalue weighted by molar-refractivity contribution is 4.99. The minimum atomic E-state index is -4.13. The lowest BCUT2D eigenvalue weighted by Crippen LogP contribution is -2.35. The molecule has 0 amide bonds. The predicted octanol–water partition coefficient (Wildman–Crippen LogP) is 2.47. The summed E-state index contributed by atoms with van der Waals surface area (Å²) < 4.78 is 56.1. The number of aryl methyl sites for hydroxylation is 1. The van der Waals surface area contributed by atoms with Crippen LogP contribution in [0.5, 0.6) is 0 Å². The summed E-state index contributed by atoms with van der Waals surface area (Å²) in [5.41, 5.74) is 0. The summed E-state index contributed by atoms with van der Waals surface area (Å²) in [6, 6.07) is -0.413. The third kappa shape index (κ3) is 4.45. The molecule has 0 saturated carbocycles. The van der Waals surface area contributed by atoms with Gasteiger partial charge in [0.1, 0.15) is 12.4 Å². The zero-order valence-electron chi connectivity index (χ0n) is 11.5. The van der Waals surface area contributed by atoms with Crippen molar-refractivity contribution in [1.82, 2.24) is 14.9 Å². The Morgan fingerprint density at radius 1 is 1.40 bits per heavy atom. The van der Waals surface area contributed by atoms with Gasteiger partial charge in [0, 0.05) is 18.9 Å². The average Bonchev–Trinajstić information content (AvgIpc) is 2.85. The fourth-order valence-corrected chi connectivity index (χ4v) is 1.75. The molecule has 0 aliphatic carbocycles. The van der Waals surface area contributed by atoms with Gasteiger partial charge in [-0.15, -0.1) is 0 Å². The highest BCUT2D eigenvalue weighted by Gasteiger charge is 2.41. The van der Waals surface area contributed by atoms with Gasteiger partial charge in [-0.2, -0.15) is 8.78 Å². The van der Waals surface area contributed by atoms with Gasteiger partial charge >= 0.3 is 12.3 Å². The molecule has 116 valence electrons. The largest absolute Gasteiger partial charge is 0.373 e. The number of imidazole rings is 1. The predicted molar refractivity (Wildman–Crippen MR) is 66.1 cm³/mol. The Kier molecular flexibility index (Phi) is 6.41. The van der Waals surface area contributed by atoms with E-state index in [4.69, 9.17) is 4.74 Å². The number of aromatic nitrogens is 2. The molecule has 1 aromatic heterocycles. The van der Waals surface area contributed by atoms with Gasteiger partial charge in [-0.05, 0) is 13.5 Å². The van der Waals surface area contributed by atoms with E-state index in [9.17, 15) is 17.6 Å².